The molecule has 0 spiro atoms. The summed E-state index contributed by atoms with van der Waals surface area (Å²) in [5.41, 5.74) is 0.570. The molecule has 2 bridgehead atoms. The largest absolute Gasteiger partial charge is 0.450 e. The SMILES string of the molecule is CCOC(=O)N1C[C@H]2CC[C@@H](C1)C2NCCNC(=O)c1cccc(Cl)c1. The van der Waals surface area contributed by atoms with Crippen LogP contribution in [0, 0.1) is 11.8 Å². The molecule has 6 nitrogen and oxygen atoms in total. The molecule has 1 aromatic rings. The van der Waals surface area contributed by atoms with E-state index in [9.17, 15) is 9.59 Å². The van der Waals surface area contributed by atoms with E-state index in [1.165, 1.54) is 0 Å². The van der Waals surface area contributed by atoms with Gasteiger partial charge in [-0.05, 0) is 49.8 Å². The van der Waals surface area contributed by atoms with Crippen LogP contribution in [0.15, 0.2) is 24.3 Å². The van der Waals surface area contributed by atoms with Gasteiger partial charge in [-0.15, -0.1) is 0 Å². The minimum Gasteiger partial charge on any atom is -0.450 e. The van der Waals surface area contributed by atoms with Gasteiger partial charge in [0.15, 0.2) is 0 Å². The zero-order chi connectivity index (χ0) is 18.5. The Morgan fingerprint density at radius 1 is 1.23 bits per heavy atom. The van der Waals surface area contributed by atoms with Crippen LogP contribution in [0.2, 0.25) is 5.02 Å². The number of likely N-dealkylation sites (tertiary alicyclic amines) is 1. The highest BCUT2D eigenvalue weighted by molar-refractivity contribution is 6.30. The van der Waals surface area contributed by atoms with Crippen molar-refractivity contribution in [1.82, 2.24) is 15.5 Å². The molecule has 2 amide bonds. The van der Waals surface area contributed by atoms with Gasteiger partial charge in [0.05, 0.1) is 6.61 Å². The van der Waals surface area contributed by atoms with Gasteiger partial charge in [0, 0.05) is 42.8 Å². The quantitative estimate of drug-likeness (QED) is 0.745. The maximum absolute atomic E-state index is 12.1. The molecule has 0 aromatic heterocycles. The minimum absolute atomic E-state index is 0.116. The molecule has 1 aliphatic heterocycles. The Hall–Kier alpha value is -1.79. The molecule has 1 aliphatic carbocycles. The molecule has 0 radical (unpaired) electrons. The van der Waals surface area contributed by atoms with E-state index in [1.54, 1.807) is 24.3 Å². The number of carbonyl (C=O) groups is 2. The normalized spacial score (nSPS) is 24.4. The number of nitrogens with one attached hydrogen (secondary N) is 2. The summed E-state index contributed by atoms with van der Waals surface area (Å²) in [4.78, 5) is 25.9. The number of carbonyl (C=O) groups excluding carboxylic acids is 2. The second kappa shape index (κ2) is 8.73. The summed E-state index contributed by atoms with van der Waals surface area (Å²) in [5, 5.41) is 7.04. The highest BCUT2D eigenvalue weighted by atomic mass is 35.5. The van der Waals surface area contributed by atoms with Crippen LogP contribution in [0.1, 0.15) is 30.1 Å². The number of amides is 2. The summed E-state index contributed by atoms with van der Waals surface area (Å²) in [6.45, 7) is 5.02. The van der Waals surface area contributed by atoms with E-state index in [0.717, 1.165) is 25.9 Å². The van der Waals surface area contributed by atoms with Crippen molar-refractivity contribution < 1.29 is 14.3 Å². The zero-order valence-electron chi connectivity index (χ0n) is 15.0. The molecule has 142 valence electrons. The van der Waals surface area contributed by atoms with Gasteiger partial charge in [0.1, 0.15) is 0 Å². The van der Waals surface area contributed by atoms with Gasteiger partial charge in [0.2, 0.25) is 0 Å². The molecule has 1 aromatic carbocycles. The van der Waals surface area contributed by atoms with Gasteiger partial charge in [-0.1, -0.05) is 17.7 Å². The fourth-order valence-corrected chi connectivity index (χ4v) is 4.26. The Bertz CT molecular complexity index is 641. The van der Waals surface area contributed by atoms with Gasteiger partial charge in [-0.25, -0.2) is 4.79 Å². The summed E-state index contributed by atoms with van der Waals surface area (Å²) in [6.07, 6.45) is 2.07. The third kappa shape index (κ3) is 4.48. The lowest BCUT2D eigenvalue weighted by Crippen LogP contribution is -2.53. The van der Waals surface area contributed by atoms with Crippen molar-refractivity contribution >= 4 is 23.6 Å². The molecule has 2 aliphatic rings. The van der Waals surface area contributed by atoms with Crippen LogP contribution < -0.4 is 10.6 Å². The van der Waals surface area contributed by atoms with E-state index in [1.807, 2.05) is 11.8 Å². The van der Waals surface area contributed by atoms with Crippen molar-refractivity contribution in [3.63, 3.8) is 0 Å². The van der Waals surface area contributed by atoms with Crippen LogP contribution in [0.25, 0.3) is 0 Å². The van der Waals surface area contributed by atoms with Crippen molar-refractivity contribution in [3.05, 3.63) is 34.9 Å². The first-order valence-electron chi connectivity index (χ1n) is 9.27. The number of fused-ring (bicyclic) bond motifs is 2. The summed E-state index contributed by atoms with van der Waals surface area (Å²) in [6, 6.07) is 7.34. The van der Waals surface area contributed by atoms with Gasteiger partial charge in [-0.2, -0.15) is 0 Å². The standard InChI is InChI=1S/C19H26ClN3O3/c1-2-26-19(25)23-11-14-6-7-15(12-23)17(14)21-8-9-22-18(24)13-4-3-5-16(20)10-13/h3-5,10,14-15,17,21H,2,6-9,11-12H2,1H3,(H,22,24)/t14-,15+,17?. The van der Waals surface area contributed by atoms with E-state index in [4.69, 9.17) is 16.3 Å². The molecule has 7 heteroatoms. The van der Waals surface area contributed by atoms with Gasteiger partial charge < -0.3 is 20.3 Å². The topological polar surface area (TPSA) is 70.7 Å². The lowest BCUT2D eigenvalue weighted by atomic mass is 9.92. The molecule has 2 N–H and O–H groups in total. The first-order chi connectivity index (χ1) is 12.6. The number of hydrogen-bond donors (Lipinski definition) is 2. The lowest BCUT2D eigenvalue weighted by molar-refractivity contribution is 0.0752. The Kier molecular flexibility index (Phi) is 6.38. The maximum Gasteiger partial charge on any atom is 0.409 e. The van der Waals surface area contributed by atoms with Gasteiger partial charge in [0.25, 0.3) is 5.91 Å². The summed E-state index contributed by atoms with van der Waals surface area (Å²) in [7, 11) is 0. The monoisotopic (exact) mass is 379 g/mol. The zero-order valence-corrected chi connectivity index (χ0v) is 15.8. The van der Waals surface area contributed by atoms with Crippen LogP contribution in [0.3, 0.4) is 0 Å². The molecule has 2 fully saturated rings. The Morgan fingerprint density at radius 3 is 2.62 bits per heavy atom. The van der Waals surface area contributed by atoms with Gasteiger partial charge >= 0.3 is 6.09 Å². The molecule has 1 saturated carbocycles. The number of halogens is 1. The Labute approximate surface area is 159 Å². The fourth-order valence-electron chi connectivity index (χ4n) is 4.07. The smallest absolute Gasteiger partial charge is 0.409 e. The number of benzene rings is 1. The van der Waals surface area contributed by atoms with E-state index in [-0.39, 0.29) is 12.0 Å². The Balaban J connectivity index is 1.42. The van der Waals surface area contributed by atoms with Crippen molar-refractivity contribution in [2.24, 2.45) is 11.8 Å². The summed E-state index contributed by atoms with van der Waals surface area (Å²) < 4.78 is 5.13. The second-order valence-corrected chi connectivity index (χ2v) is 7.38. The average Bonchev–Trinajstić information content (AvgIpc) is 2.86. The molecule has 26 heavy (non-hydrogen) atoms. The van der Waals surface area contributed by atoms with Crippen LogP contribution >= 0.6 is 11.6 Å². The van der Waals surface area contributed by atoms with E-state index < -0.39 is 0 Å². The number of ether oxygens (including phenoxy) is 1. The molecule has 1 saturated heterocycles. The average molecular weight is 380 g/mol. The van der Waals surface area contributed by atoms with Crippen LogP contribution in [0.4, 0.5) is 4.79 Å². The number of nitrogens with zero attached hydrogens (tertiary/aromatic N) is 1. The van der Waals surface area contributed by atoms with Crippen molar-refractivity contribution in [3.8, 4) is 0 Å². The van der Waals surface area contributed by atoms with Crippen molar-refractivity contribution in [2.45, 2.75) is 25.8 Å². The van der Waals surface area contributed by atoms with Crippen molar-refractivity contribution in [2.75, 3.05) is 32.8 Å². The van der Waals surface area contributed by atoms with Crippen LogP contribution in [-0.2, 0) is 4.74 Å². The maximum atomic E-state index is 12.1. The number of rotatable bonds is 6. The fraction of sp³-hybridized carbons (Fsp3) is 0.579. The molecule has 1 unspecified atom stereocenters. The molecular weight excluding hydrogens is 354 g/mol. The van der Waals surface area contributed by atoms with E-state index >= 15 is 0 Å². The predicted octanol–water partition coefficient (Wildman–Crippen LogP) is 2.53. The summed E-state index contributed by atoms with van der Waals surface area (Å²) in [5.74, 6) is 0.804. The lowest BCUT2D eigenvalue weighted by Gasteiger charge is -2.37. The molecule has 1 heterocycles. The second-order valence-electron chi connectivity index (χ2n) is 6.95. The predicted molar refractivity (Wildman–Crippen MR) is 100 cm³/mol. The van der Waals surface area contributed by atoms with E-state index in [2.05, 4.69) is 10.6 Å². The highest BCUT2D eigenvalue weighted by Crippen LogP contribution is 2.37. The van der Waals surface area contributed by atoms with Crippen molar-refractivity contribution in [1.29, 1.82) is 0 Å². The first kappa shape index (κ1) is 19.0. The van der Waals surface area contributed by atoms with Gasteiger partial charge in [-0.3, -0.25) is 4.79 Å². The van der Waals surface area contributed by atoms with E-state index in [0.29, 0.717) is 48.2 Å². The third-order valence-electron chi connectivity index (χ3n) is 5.24. The number of piperidine rings is 1. The third-order valence-corrected chi connectivity index (χ3v) is 5.47. The van der Waals surface area contributed by atoms with Crippen LogP contribution in [-0.4, -0.2) is 55.7 Å². The highest BCUT2D eigenvalue weighted by Gasteiger charge is 2.43. The number of hydrogen-bond acceptors (Lipinski definition) is 4. The molecule has 3 rings (SSSR count). The molecule has 3 atom stereocenters. The summed E-state index contributed by atoms with van der Waals surface area (Å²) >= 11 is 5.92. The minimum atomic E-state index is -0.198. The molecular formula is C19H26ClN3O3. The van der Waals surface area contributed by atoms with Crippen LogP contribution in [0.5, 0.6) is 0 Å². The Morgan fingerprint density at radius 2 is 1.96 bits per heavy atom. The first-order valence-corrected chi connectivity index (χ1v) is 9.65.